The van der Waals surface area contributed by atoms with E-state index in [0.29, 0.717) is 40.1 Å². The minimum absolute atomic E-state index is 0.176. The van der Waals surface area contributed by atoms with Gasteiger partial charge in [0.05, 0.1) is 11.9 Å². The van der Waals surface area contributed by atoms with Crippen molar-refractivity contribution in [1.82, 2.24) is 14.6 Å². The number of anilines is 3. The number of aliphatic carboxylic acids is 1. The molecule has 12 nitrogen and oxygen atoms in total. The van der Waals surface area contributed by atoms with Gasteiger partial charge in [0.25, 0.3) is 0 Å². The van der Waals surface area contributed by atoms with Crippen molar-refractivity contribution in [2.24, 2.45) is 5.73 Å². The first kappa shape index (κ1) is 30.4. The Labute approximate surface area is 227 Å². The summed E-state index contributed by atoms with van der Waals surface area (Å²) in [5, 5.41) is 27.4. The molecule has 2 aromatic heterocycles. The van der Waals surface area contributed by atoms with E-state index in [1.54, 1.807) is 22.7 Å². The third-order valence-corrected chi connectivity index (χ3v) is 5.95. The van der Waals surface area contributed by atoms with Crippen molar-refractivity contribution in [2.75, 3.05) is 23.5 Å². The number of carboxylic acid groups (broad SMARTS) is 1. The molecule has 1 aliphatic carbocycles. The van der Waals surface area contributed by atoms with E-state index in [0.717, 1.165) is 18.7 Å². The van der Waals surface area contributed by atoms with E-state index in [1.807, 2.05) is 19.9 Å². The van der Waals surface area contributed by atoms with E-state index in [-0.39, 0.29) is 12.4 Å². The molecule has 216 valence electrons. The number of nitrogens with one attached hydrogen (secondary N) is 2. The number of benzene rings is 1. The standard InChI is InChI=1S/C22H27N7O3S.C2HF3O2/c1-22(2,24)13-32-18-7-6-17(8-14(18)12-33(3,30)31)26-19-9-20(27-16-4-5-16)29-21(28-19)15(10-23)11-25-29;3-2(4,5)1(6)7/h6-9,11,16,27H,4-5,12-13,24H2,1-3H3,(H,26,28);(H,6,7). The molecule has 1 aromatic carbocycles. The minimum Gasteiger partial charge on any atom is -0.491 e. The second-order valence-corrected chi connectivity index (χ2v) is 12.1. The van der Waals surface area contributed by atoms with Crippen LogP contribution in [0.3, 0.4) is 0 Å². The lowest BCUT2D eigenvalue weighted by Gasteiger charge is -2.21. The van der Waals surface area contributed by atoms with Gasteiger partial charge in [0.2, 0.25) is 0 Å². The summed E-state index contributed by atoms with van der Waals surface area (Å²) in [5.74, 6) is -1.23. The Balaban J connectivity index is 0.000000559. The van der Waals surface area contributed by atoms with Crippen LogP contribution in [-0.4, -0.2) is 64.7 Å². The average Bonchev–Trinajstić information content (AvgIpc) is 3.52. The average molecular weight is 584 g/mol. The Morgan fingerprint density at radius 3 is 2.48 bits per heavy atom. The number of sulfone groups is 1. The highest BCUT2D eigenvalue weighted by molar-refractivity contribution is 7.89. The molecule has 40 heavy (non-hydrogen) atoms. The van der Waals surface area contributed by atoms with Gasteiger partial charge in [-0.15, -0.1) is 0 Å². The Kier molecular flexibility index (Phi) is 8.80. The Bertz CT molecular complexity index is 1540. The van der Waals surface area contributed by atoms with Gasteiger partial charge in [0.1, 0.15) is 35.6 Å². The zero-order valence-electron chi connectivity index (χ0n) is 21.8. The highest BCUT2D eigenvalue weighted by atomic mass is 32.2. The summed E-state index contributed by atoms with van der Waals surface area (Å²) in [4.78, 5) is 13.4. The number of rotatable bonds is 9. The van der Waals surface area contributed by atoms with Gasteiger partial charge in [0, 0.05) is 35.2 Å². The monoisotopic (exact) mass is 583 g/mol. The van der Waals surface area contributed by atoms with Gasteiger partial charge in [-0.1, -0.05) is 0 Å². The normalized spacial score (nSPS) is 13.7. The molecule has 1 saturated carbocycles. The van der Waals surface area contributed by atoms with Crippen molar-refractivity contribution in [3.63, 3.8) is 0 Å². The Morgan fingerprint density at radius 2 is 1.95 bits per heavy atom. The number of alkyl halides is 3. The largest absolute Gasteiger partial charge is 0.491 e. The molecule has 3 aromatic rings. The number of carbonyl (C=O) groups is 1. The first-order chi connectivity index (χ1) is 18.4. The van der Waals surface area contributed by atoms with Crippen LogP contribution in [0, 0.1) is 11.3 Å². The van der Waals surface area contributed by atoms with E-state index in [1.165, 1.54) is 12.5 Å². The van der Waals surface area contributed by atoms with Crippen molar-refractivity contribution in [1.29, 1.82) is 5.26 Å². The summed E-state index contributed by atoms with van der Waals surface area (Å²) < 4.78 is 63.2. The molecule has 0 saturated heterocycles. The quantitative estimate of drug-likeness (QED) is 0.290. The number of ether oxygens (including phenoxy) is 1. The predicted octanol–water partition coefficient (Wildman–Crippen LogP) is 3.21. The van der Waals surface area contributed by atoms with Crippen LogP contribution in [0.4, 0.5) is 30.5 Å². The second kappa shape index (κ2) is 11.6. The lowest BCUT2D eigenvalue weighted by molar-refractivity contribution is -0.192. The molecular formula is C24H28F3N7O5S. The molecule has 0 atom stereocenters. The zero-order valence-corrected chi connectivity index (χ0v) is 22.6. The van der Waals surface area contributed by atoms with Gasteiger partial charge in [-0.2, -0.15) is 28.0 Å². The molecule has 5 N–H and O–H groups in total. The van der Waals surface area contributed by atoms with Crippen molar-refractivity contribution in [3.05, 3.63) is 41.6 Å². The van der Waals surface area contributed by atoms with Gasteiger partial charge in [-0.05, 0) is 44.9 Å². The molecule has 1 aliphatic rings. The highest BCUT2D eigenvalue weighted by Gasteiger charge is 2.38. The second-order valence-electron chi connectivity index (χ2n) is 9.95. The van der Waals surface area contributed by atoms with Gasteiger partial charge in [-0.25, -0.2) is 18.2 Å². The number of hydrogen-bond acceptors (Lipinski definition) is 10. The summed E-state index contributed by atoms with van der Waals surface area (Å²) in [6.07, 6.45) is -0.263. The van der Waals surface area contributed by atoms with Crippen molar-refractivity contribution in [3.8, 4) is 11.8 Å². The van der Waals surface area contributed by atoms with Crippen molar-refractivity contribution in [2.45, 2.75) is 50.2 Å². The number of hydrogen-bond donors (Lipinski definition) is 4. The summed E-state index contributed by atoms with van der Waals surface area (Å²) in [6.45, 7) is 3.91. The lowest BCUT2D eigenvalue weighted by atomic mass is 10.1. The van der Waals surface area contributed by atoms with Gasteiger partial charge < -0.3 is 26.2 Å². The number of carboxylic acids is 1. The molecule has 0 radical (unpaired) electrons. The van der Waals surface area contributed by atoms with Crippen LogP contribution < -0.4 is 21.1 Å². The van der Waals surface area contributed by atoms with Crippen LogP contribution in [0.1, 0.15) is 37.8 Å². The molecule has 0 amide bonds. The van der Waals surface area contributed by atoms with E-state index < -0.39 is 27.5 Å². The van der Waals surface area contributed by atoms with Crippen LogP contribution >= 0.6 is 0 Å². The van der Waals surface area contributed by atoms with E-state index in [4.69, 9.17) is 20.4 Å². The van der Waals surface area contributed by atoms with Crippen LogP contribution in [0.15, 0.2) is 30.5 Å². The van der Waals surface area contributed by atoms with E-state index >= 15 is 0 Å². The lowest BCUT2D eigenvalue weighted by Crippen LogP contribution is -2.38. The highest BCUT2D eigenvalue weighted by Crippen LogP contribution is 2.30. The maximum absolute atomic E-state index is 12.0. The fourth-order valence-corrected chi connectivity index (χ4v) is 4.04. The number of halogens is 3. The number of nitrogens with zero attached hydrogens (tertiary/aromatic N) is 4. The van der Waals surface area contributed by atoms with Crippen LogP contribution in [0.25, 0.3) is 5.65 Å². The molecule has 4 rings (SSSR count). The summed E-state index contributed by atoms with van der Waals surface area (Å²) in [6, 6.07) is 9.53. The zero-order chi connectivity index (χ0) is 29.9. The fraction of sp³-hybridized carbons (Fsp3) is 0.417. The number of nitriles is 1. The number of fused-ring (bicyclic) bond motifs is 1. The Hall–Kier alpha value is -4.10. The molecule has 16 heteroatoms. The molecule has 1 fully saturated rings. The molecule has 0 bridgehead atoms. The third-order valence-electron chi connectivity index (χ3n) is 5.11. The van der Waals surface area contributed by atoms with Gasteiger partial charge >= 0.3 is 12.1 Å². The summed E-state index contributed by atoms with van der Waals surface area (Å²) in [7, 11) is -3.30. The number of nitrogens with two attached hydrogens (primary N) is 1. The van der Waals surface area contributed by atoms with Gasteiger partial charge in [0.15, 0.2) is 15.5 Å². The number of aromatic nitrogens is 3. The van der Waals surface area contributed by atoms with Gasteiger partial charge in [-0.3, -0.25) is 0 Å². The molecular weight excluding hydrogens is 555 g/mol. The SMILES string of the molecule is CC(C)(N)COc1ccc(Nc2cc(NC3CC3)n3ncc(C#N)c3n2)cc1CS(C)(=O)=O.O=C(O)C(F)(F)F. The summed E-state index contributed by atoms with van der Waals surface area (Å²) >= 11 is 0. The van der Waals surface area contributed by atoms with E-state index in [9.17, 15) is 26.9 Å². The molecule has 2 heterocycles. The first-order valence-electron chi connectivity index (χ1n) is 11.8. The molecule has 0 spiro atoms. The first-order valence-corrected chi connectivity index (χ1v) is 13.9. The van der Waals surface area contributed by atoms with Crippen molar-refractivity contribution >= 4 is 38.8 Å². The van der Waals surface area contributed by atoms with Crippen LogP contribution in [-0.2, 0) is 20.4 Å². The Morgan fingerprint density at radius 1 is 1.30 bits per heavy atom. The summed E-state index contributed by atoms with van der Waals surface area (Å²) in [5.41, 5.74) is 7.40. The molecule has 0 aliphatic heterocycles. The topological polar surface area (TPSA) is 185 Å². The van der Waals surface area contributed by atoms with Crippen LogP contribution in [0.2, 0.25) is 0 Å². The fourth-order valence-electron chi connectivity index (χ4n) is 3.25. The third kappa shape index (κ3) is 8.99. The maximum Gasteiger partial charge on any atom is 0.490 e. The minimum atomic E-state index is -5.08. The maximum atomic E-state index is 12.0. The molecule has 0 unspecified atom stereocenters. The van der Waals surface area contributed by atoms with Crippen molar-refractivity contribution < 1.29 is 36.2 Å². The van der Waals surface area contributed by atoms with E-state index in [2.05, 4.69) is 26.8 Å². The van der Waals surface area contributed by atoms with Crippen LogP contribution in [0.5, 0.6) is 5.75 Å². The predicted molar refractivity (Wildman–Crippen MR) is 140 cm³/mol. The smallest absolute Gasteiger partial charge is 0.490 e.